The van der Waals surface area contributed by atoms with Crippen LogP contribution in [0.2, 0.25) is 5.02 Å². The van der Waals surface area contributed by atoms with Crippen LogP contribution in [0, 0.1) is 17.7 Å². The van der Waals surface area contributed by atoms with E-state index in [-0.39, 0.29) is 28.3 Å². The Morgan fingerprint density at radius 3 is 2.58 bits per heavy atom. The first-order valence-electron chi connectivity index (χ1n) is 14.9. The highest BCUT2D eigenvalue weighted by molar-refractivity contribution is 6.31. The molecule has 1 aromatic carbocycles. The number of hydrogen-bond donors (Lipinski definition) is 2. The number of rotatable bonds is 8. The fourth-order valence-electron chi connectivity index (χ4n) is 6.27. The van der Waals surface area contributed by atoms with Gasteiger partial charge in [0.15, 0.2) is 5.82 Å². The molecule has 1 amide bonds. The number of halogens is 2. The third kappa shape index (κ3) is 5.70. The zero-order chi connectivity index (χ0) is 31.1. The van der Waals surface area contributed by atoms with Crippen molar-refractivity contribution in [2.75, 3.05) is 13.1 Å². The number of amides is 1. The van der Waals surface area contributed by atoms with Crippen LogP contribution in [0.4, 0.5) is 4.39 Å². The Balaban J connectivity index is 1.23. The molecule has 3 atom stereocenters. The van der Waals surface area contributed by atoms with E-state index in [1.54, 1.807) is 41.2 Å². The molecule has 5 aromatic rings. The van der Waals surface area contributed by atoms with Gasteiger partial charge in [-0.05, 0) is 72.2 Å². The molecule has 1 aliphatic carbocycles. The van der Waals surface area contributed by atoms with Crippen LogP contribution in [0.25, 0.3) is 27.9 Å². The van der Waals surface area contributed by atoms with E-state index in [4.69, 9.17) is 11.6 Å². The molecule has 12 nitrogen and oxygen atoms in total. The lowest BCUT2D eigenvalue weighted by atomic mass is 10.0. The van der Waals surface area contributed by atoms with Gasteiger partial charge in [0.05, 0.1) is 28.0 Å². The molecule has 7 rings (SSSR count). The van der Waals surface area contributed by atoms with Crippen molar-refractivity contribution in [1.82, 2.24) is 34.9 Å². The van der Waals surface area contributed by atoms with Gasteiger partial charge in [-0.3, -0.25) is 19.9 Å². The lowest BCUT2D eigenvalue weighted by Crippen LogP contribution is -2.39. The van der Waals surface area contributed by atoms with Crippen molar-refractivity contribution in [2.45, 2.75) is 38.1 Å². The van der Waals surface area contributed by atoms with Gasteiger partial charge < -0.3 is 4.90 Å². The maximum Gasteiger partial charge on any atom is 0.258 e. The summed E-state index contributed by atoms with van der Waals surface area (Å²) in [4.78, 5) is 15.3. The molecule has 1 saturated carbocycles. The van der Waals surface area contributed by atoms with E-state index in [9.17, 15) is 15.2 Å². The van der Waals surface area contributed by atoms with E-state index < -0.39 is 11.9 Å². The summed E-state index contributed by atoms with van der Waals surface area (Å²) in [5.74, 6) is -0.394. The molecule has 45 heavy (non-hydrogen) atoms. The van der Waals surface area contributed by atoms with E-state index in [1.807, 2.05) is 11.1 Å². The minimum atomic E-state index is -0.671. The van der Waals surface area contributed by atoms with Gasteiger partial charge in [-0.15, -0.1) is 5.10 Å². The largest absolute Gasteiger partial charge is 0.342 e. The second kappa shape index (κ2) is 11.9. The van der Waals surface area contributed by atoms with Crippen molar-refractivity contribution in [3.63, 3.8) is 0 Å². The fraction of sp³-hybridized carbons (Fsp3) is 0.323. The summed E-state index contributed by atoms with van der Waals surface area (Å²) in [7, 11) is 0. The summed E-state index contributed by atoms with van der Waals surface area (Å²) in [5, 5.41) is 36.8. The van der Waals surface area contributed by atoms with E-state index in [2.05, 4.69) is 20.6 Å². The summed E-state index contributed by atoms with van der Waals surface area (Å²) in [6, 6.07) is 9.58. The van der Waals surface area contributed by atoms with Crippen LogP contribution in [0.5, 0.6) is 0 Å². The van der Waals surface area contributed by atoms with Gasteiger partial charge in [-0.25, -0.2) is 4.39 Å². The van der Waals surface area contributed by atoms with Crippen molar-refractivity contribution in [3.8, 4) is 27.9 Å². The monoisotopic (exact) mass is 631 g/mol. The van der Waals surface area contributed by atoms with Gasteiger partial charge >= 0.3 is 0 Å². The third-order valence-electron chi connectivity index (χ3n) is 8.76. The van der Waals surface area contributed by atoms with Gasteiger partial charge in [0.2, 0.25) is 24.5 Å². The maximum atomic E-state index is 15.5. The number of pyridine rings is 2. The zero-order valence-electron chi connectivity index (χ0n) is 24.2. The average molecular weight is 632 g/mol. The molecule has 4 aromatic heterocycles. The van der Waals surface area contributed by atoms with Gasteiger partial charge in [0, 0.05) is 58.4 Å². The van der Waals surface area contributed by atoms with E-state index in [1.165, 1.54) is 35.7 Å². The highest BCUT2D eigenvalue weighted by atomic mass is 35.5. The number of piperidine rings is 1. The number of nitrogens with zero attached hydrogens (tertiary/aromatic N) is 9. The smallest absolute Gasteiger partial charge is 0.258 e. The van der Waals surface area contributed by atoms with Crippen molar-refractivity contribution in [2.24, 2.45) is 11.8 Å². The van der Waals surface area contributed by atoms with E-state index in [0.717, 1.165) is 59.4 Å². The second-order valence-corrected chi connectivity index (χ2v) is 12.0. The van der Waals surface area contributed by atoms with Crippen LogP contribution in [0.3, 0.4) is 0 Å². The molecule has 14 heteroatoms. The quantitative estimate of drug-likeness (QED) is 0.197. The fourth-order valence-corrected chi connectivity index (χ4v) is 6.43. The van der Waals surface area contributed by atoms with Crippen LogP contribution in [0.15, 0.2) is 73.7 Å². The second-order valence-electron chi connectivity index (χ2n) is 11.6. The summed E-state index contributed by atoms with van der Waals surface area (Å²) in [5.41, 5.74) is 3.03. The number of likely N-dealkylation sites (tertiary alicyclic amines) is 1. The van der Waals surface area contributed by atoms with Gasteiger partial charge in [0.25, 0.3) is 5.69 Å². The lowest BCUT2D eigenvalue weighted by molar-refractivity contribution is -0.910. The average Bonchev–Trinajstić information content (AvgIpc) is 3.39. The first-order valence-corrected chi connectivity index (χ1v) is 15.3. The Morgan fingerprint density at radius 2 is 1.84 bits per heavy atom. The Labute approximate surface area is 262 Å². The number of carbonyl (C=O) groups is 1. The minimum absolute atomic E-state index is 0.0550. The van der Waals surface area contributed by atoms with Crippen LogP contribution in [-0.4, -0.2) is 64.3 Å². The van der Waals surface area contributed by atoms with Gasteiger partial charge in [-0.1, -0.05) is 11.6 Å². The Kier molecular flexibility index (Phi) is 7.61. The minimum Gasteiger partial charge on any atom is -0.342 e. The van der Waals surface area contributed by atoms with Crippen LogP contribution >= 0.6 is 11.6 Å². The topological polar surface area (TPSA) is 130 Å². The first kappa shape index (κ1) is 28.8. The van der Waals surface area contributed by atoms with E-state index in [0.29, 0.717) is 23.4 Å². The number of aromatic nitrogens is 8. The molecular formula is C31H31ClFN9O3+2. The predicted octanol–water partition coefficient (Wildman–Crippen LogP) is 3.66. The molecule has 230 valence electrons. The standard InChI is InChI=1S/C31H31ClFN9O3/c32-25-5-7-27(41-19-34-36-37-41)29(30(25)33)21-4-6-26(42(45)18-21)28(15-22-14-24(22)31(43)38-10-2-1-3-11-38)40-17-23(16-35-40)20-8-12-39(44)13-9-20/h4-9,12-13,16-19,22,24,28,44-45H,1-3,10-11,14-15H2/q+2. The number of carbonyl (C=O) groups excluding carboxylic acids is 1. The summed E-state index contributed by atoms with van der Waals surface area (Å²) < 4.78 is 20.5. The normalized spacial score (nSPS) is 18.6. The van der Waals surface area contributed by atoms with Crippen molar-refractivity contribution in [1.29, 1.82) is 0 Å². The first-order chi connectivity index (χ1) is 21.9. The lowest BCUT2D eigenvalue weighted by Gasteiger charge is -2.27. The molecule has 2 fully saturated rings. The Hall–Kier alpha value is -4.91. The van der Waals surface area contributed by atoms with Crippen molar-refractivity contribution < 1.29 is 29.1 Å². The number of benzene rings is 1. The SMILES string of the molecule is O=C(C1CC1CC(c1ccc(-c2c(-n3cnnn3)ccc(Cl)c2F)c[n+]1O)n1cc(-c2cc[n+](O)cc2)cn1)N1CCCCC1. The Morgan fingerprint density at radius 1 is 1.04 bits per heavy atom. The van der Waals surface area contributed by atoms with Crippen LogP contribution < -0.4 is 9.46 Å². The van der Waals surface area contributed by atoms with Crippen molar-refractivity contribution >= 4 is 17.5 Å². The van der Waals surface area contributed by atoms with Crippen LogP contribution in [0.1, 0.15) is 43.8 Å². The van der Waals surface area contributed by atoms with E-state index >= 15 is 4.39 Å². The zero-order valence-corrected chi connectivity index (χ0v) is 24.9. The highest BCUT2D eigenvalue weighted by Gasteiger charge is 2.47. The summed E-state index contributed by atoms with van der Waals surface area (Å²) in [6.07, 6.45) is 14.0. The van der Waals surface area contributed by atoms with Crippen molar-refractivity contribution in [3.05, 3.63) is 90.2 Å². The molecule has 2 N–H and O–H groups in total. The summed E-state index contributed by atoms with van der Waals surface area (Å²) >= 11 is 6.16. The summed E-state index contributed by atoms with van der Waals surface area (Å²) in [6.45, 7) is 1.62. The van der Waals surface area contributed by atoms with Gasteiger partial charge in [0.1, 0.15) is 12.4 Å². The molecule has 2 aliphatic rings. The number of hydrogen-bond acceptors (Lipinski definition) is 7. The Bertz CT molecular complexity index is 1840. The molecule has 1 saturated heterocycles. The maximum absolute atomic E-state index is 15.5. The molecule has 1 aliphatic heterocycles. The van der Waals surface area contributed by atoms with Crippen LogP contribution in [-0.2, 0) is 4.79 Å². The molecule has 0 bridgehead atoms. The molecule has 3 unspecified atom stereocenters. The molecular weight excluding hydrogens is 601 g/mol. The van der Waals surface area contributed by atoms with Gasteiger partial charge in [-0.2, -0.15) is 9.78 Å². The molecule has 0 radical (unpaired) electrons. The number of tetrazole rings is 1. The highest BCUT2D eigenvalue weighted by Crippen LogP contribution is 2.46. The molecule has 0 spiro atoms. The molecule has 5 heterocycles. The third-order valence-corrected chi connectivity index (χ3v) is 9.05. The predicted molar refractivity (Wildman–Crippen MR) is 157 cm³/mol.